The van der Waals surface area contributed by atoms with E-state index in [-0.39, 0.29) is 0 Å². The van der Waals surface area contributed by atoms with Gasteiger partial charge in [0, 0.05) is 50.5 Å². The number of aromatic nitrogens is 2. The number of nitrogens with zero attached hydrogens (tertiary/aromatic N) is 4. The van der Waals surface area contributed by atoms with Crippen LogP contribution >= 0.6 is 0 Å². The molecular formula is C31H34F2N6O2. The standard InChI is InChI=1S/C31H34F2N6O2/c1-37-10-12-38(13-11-37)31(8-14-41-15-9-31)39(28-5-3-2-4-25(28)29(34)40)30-26-19-21(6-7-27(26)35-36-30)16-22-17-23(32)20-24(33)18-22/h2-7,17-20H,8-16H2,1H3,(H2,34,40)(H,35,36). The largest absolute Gasteiger partial charge is 0.381 e. The molecule has 10 heteroatoms. The summed E-state index contributed by atoms with van der Waals surface area (Å²) in [5.41, 5.74) is 8.74. The van der Waals surface area contributed by atoms with Crippen LogP contribution in [-0.4, -0.2) is 78.0 Å². The van der Waals surface area contributed by atoms with Gasteiger partial charge in [0.2, 0.25) is 0 Å². The number of carbonyl (C=O) groups is 1. The van der Waals surface area contributed by atoms with E-state index < -0.39 is 23.2 Å². The number of anilines is 2. The van der Waals surface area contributed by atoms with Crippen LogP contribution in [0.3, 0.4) is 0 Å². The fraction of sp³-hybridized carbons (Fsp3) is 0.355. The number of halogens is 2. The van der Waals surface area contributed by atoms with E-state index in [0.717, 1.165) is 48.7 Å². The number of H-pyrrole nitrogens is 1. The maximum absolute atomic E-state index is 13.9. The summed E-state index contributed by atoms with van der Waals surface area (Å²) in [7, 11) is 2.13. The van der Waals surface area contributed by atoms with Crippen molar-refractivity contribution < 1.29 is 18.3 Å². The Morgan fingerprint density at radius 1 is 1.00 bits per heavy atom. The number of nitrogens with one attached hydrogen (secondary N) is 1. The third kappa shape index (κ3) is 5.30. The molecule has 3 N–H and O–H groups in total. The summed E-state index contributed by atoms with van der Waals surface area (Å²) in [5, 5.41) is 8.85. The second-order valence-corrected chi connectivity index (χ2v) is 11.0. The van der Waals surface area contributed by atoms with E-state index in [0.29, 0.717) is 55.1 Å². The van der Waals surface area contributed by atoms with Gasteiger partial charge in [-0.25, -0.2) is 8.78 Å². The summed E-state index contributed by atoms with van der Waals surface area (Å²) in [6.07, 6.45) is 1.77. The monoisotopic (exact) mass is 560 g/mol. The molecule has 2 aliphatic heterocycles. The van der Waals surface area contributed by atoms with Crippen LogP contribution < -0.4 is 10.6 Å². The van der Waals surface area contributed by atoms with Crippen LogP contribution in [0.1, 0.15) is 34.3 Å². The number of hydrogen-bond acceptors (Lipinski definition) is 6. The molecule has 0 unspecified atom stereocenters. The number of hydrogen-bond donors (Lipinski definition) is 2. The lowest BCUT2D eigenvalue weighted by Gasteiger charge is -2.55. The highest BCUT2D eigenvalue weighted by atomic mass is 19.1. The number of primary amides is 1. The molecule has 8 nitrogen and oxygen atoms in total. The molecule has 3 heterocycles. The van der Waals surface area contributed by atoms with Gasteiger partial charge in [-0.15, -0.1) is 0 Å². The fourth-order valence-corrected chi connectivity index (χ4v) is 6.29. The van der Waals surface area contributed by atoms with Crippen molar-refractivity contribution in [1.29, 1.82) is 0 Å². The number of amides is 1. The Bertz CT molecular complexity index is 1540. The quantitative estimate of drug-likeness (QED) is 0.348. The lowest BCUT2D eigenvalue weighted by Crippen LogP contribution is -2.65. The third-order valence-electron chi connectivity index (χ3n) is 8.36. The average molecular weight is 561 g/mol. The molecule has 6 rings (SSSR count). The Balaban J connectivity index is 1.52. The van der Waals surface area contributed by atoms with E-state index in [4.69, 9.17) is 15.6 Å². The summed E-state index contributed by atoms with van der Waals surface area (Å²) >= 11 is 0. The normalized spacial score (nSPS) is 18.0. The highest BCUT2D eigenvalue weighted by molar-refractivity contribution is 6.02. The van der Waals surface area contributed by atoms with E-state index in [1.807, 2.05) is 36.4 Å². The number of rotatable bonds is 7. The Labute approximate surface area is 237 Å². The SMILES string of the molecule is CN1CCN(C2(N(c3ccccc3C(N)=O)c3n[nH]c4ccc(Cc5cc(F)cc(F)c5)cc34)CCOCC2)CC1. The van der Waals surface area contributed by atoms with Gasteiger partial charge in [0.05, 0.1) is 30.0 Å². The Morgan fingerprint density at radius 3 is 2.41 bits per heavy atom. The second kappa shape index (κ2) is 11.2. The van der Waals surface area contributed by atoms with Crippen molar-refractivity contribution in [3.8, 4) is 0 Å². The molecule has 3 aromatic carbocycles. The zero-order chi connectivity index (χ0) is 28.6. The molecule has 2 fully saturated rings. The highest BCUT2D eigenvalue weighted by Gasteiger charge is 2.47. The second-order valence-electron chi connectivity index (χ2n) is 11.0. The van der Waals surface area contributed by atoms with E-state index in [1.165, 1.54) is 12.1 Å². The highest BCUT2D eigenvalue weighted by Crippen LogP contribution is 2.44. The third-order valence-corrected chi connectivity index (χ3v) is 8.36. The molecule has 0 atom stereocenters. The number of likely N-dealkylation sites (N-methyl/N-ethyl adjacent to an activating group) is 1. The Kier molecular flexibility index (Phi) is 7.46. The predicted molar refractivity (Wildman–Crippen MR) is 154 cm³/mol. The summed E-state index contributed by atoms with van der Waals surface area (Å²) in [6, 6.07) is 16.8. The van der Waals surface area contributed by atoms with Crippen LogP contribution in [0.5, 0.6) is 0 Å². The number of carbonyl (C=O) groups excluding carboxylic acids is 1. The number of piperazine rings is 1. The molecule has 2 saturated heterocycles. The molecule has 0 bridgehead atoms. The van der Waals surface area contributed by atoms with Gasteiger partial charge < -0.3 is 20.3 Å². The first-order valence-electron chi connectivity index (χ1n) is 14.0. The molecule has 41 heavy (non-hydrogen) atoms. The first-order valence-corrected chi connectivity index (χ1v) is 14.0. The van der Waals surface area contributed by atoms with E-state index in [2.05, 4.69) is 26.8 Å². The number of fused-ring (bicyclic) bond motifs is 1. The first kappa shape index (κ1) is 27.3. The lowest BCUT2D eigenvalue weighted by atomic mass is 9.92. The lowest BCUT2D eigenvalue weighted by molar-refractivity contribution is -0.0413. The molecule has 0 spiro atoms. The fourth-order valence-electron chi connectivity index (χ4n) is 6.29. The molecular weight excluding hydrogens is 526 g/mol. The van der Waals surface area contributed by atoms with E-state index in [9.17, 15) is 13.6 Å². The van der Waals surface area contributed by atoms with Crippen molar-refractivity contribution in [2.75, 3.05) is 51.3 Å². The Morgan fingerprint density at radius 2 is 1.71 bits per heavy atom. The minimum Gasteiger partial charge on any atom is -0.381 e. The first-order chi connectivity index (χ1) is 19.8. The molecule has 4 aromatic rings. The zero-order valence-corrected chi connectivity index (χ0v) is 23.1. The van der Waals surface area contributed by atoms with Crippen LogP contribution in [0, 0.1) is 11.6 Å². The molecule has 2 aliphatic rings. The number of benzene rings is 3. The minimum absolute atomic E-state index is 0.352. The summed E-state index contributed by atoms with van der Waals surface area (Å²) < 4.78 is 33.7. The smallest absolute Gasteiger partial charge is 0.250 e. The van der Waals surface area contributed by atoms with Gasteiger partial charge in [-0.3, -0.25) is 14.8 Å². The van der Waals surface area contributed by atoms with E-state index >= 15 is 0 Å². The maximum atomic E-state index is 13.9. The van der Waals surface area contributed by atoms with Gasteiger partial charge >= 0.3 is 0 Å². The van der Waals surface area contributed by atoms with Crippen molar-refractivity contribution in [2.45, 2.75) is 24.9 Å². The number of para-hydroxylation sites is 1. The maximum Gasteiger partial charge on any atom is 0.250 e. The summed E-state index contributed by atoms with van der Waals surface area (Å²) in [4.78, 5) is 19.7. The summed E-state index contributed by atoms with van der Waals surface area (Å²) in [5.74, 6) is -1.05. The van der Waals surface area contributed by atoms with Crippen LogP contribution in [-0.2, 0) is 11.2 Å². The molecule has 1 aromatic heterocycles. The minimum atomic E-state index is -0.604. The molecule has 0 radical (unpaired) electrons. The van der Waals surface area contributed by atoms with Gasteiger partial charge in [0.15, 0.2) is 5.82 Å². The van der Waals surface area contributed by atoms with Crippen molar-refractivity contribution >= 4 is 28.3 Å². The van der Waals surface area contributed by atoms with Crippen molar-refractivity contribution in [3.05, 3.63) is 89.0 Å². The van der Waals surface area contributed by atoms with Gasteiger partial charge in [-0.05, 0) is 61.0 Å². The number of ether oxygens (including phenoxy) is 1. The van der Waals surface area contributed by atoms with Gasteiger partial charge in [-0.2, -0.15) is 5.10 Å². The van der Waals surface area contributed by atoms with Crippen LogP contribution in [0.25, 0.3) is 10.9 Å². The van der Waals surface area contributed by atoms with Gasteiger partial charge in [-0.1, -0.05) is 18.2 Å². The van der Waals surface area contributed by atoms with Crippen LogP contribution in [0.4, 0.5) is 20.3 Å². The Hall–Kier alpha value is -3.86. The zero-order valence-electron chi connectivity index (χ0n) is 23.1. The van der Waals surface area contributed by atoms with Crippen LogP contribution in [0.15, 0.2) is 60.7 Å². The van der Waals surface area contributed by atoms with Crippen LogP contribution in [0.2, 0.25) is 0 Å². The molecule has 0 saturated carbocycles. The van der Waals surface area contributed by atoms with E-state index in [1.54, 1.807) is 6.07 Å². The van der Waals surface area contributed by atoms with Crippen molar-refractivity contribution in [1.82, 2.24) is 20.0 Å². The molecule has 1 amide bonds. The summed E-state index contributed by atoms with van der Waals surface area (Å²) in [6.45, 7) is 4.68. The van der Waals surface area contributed by atoms with Gasteiger partial charge in [0.25, 0.3) is 5.91 Å². The number of aromatic amines is 1. The predicted octanol–water partition coefficient (Wildman–Crippen LogP) is 4.42. The number of nitrogens with two attached hydrogens (primary N) is 1. The average Bonchev–Trinajstić information content (AvgIpc) is 3.36. The van der Waals surface area contributed by atoms with Crippen molar-refractivity contribution in [3.63, 3.8) is 0 Å². The van der Waals surface area contributed by atoms with Crippen molar-refractivity contribution in [2.24, 2.45) is 5.73 Å². The topological polar surface area (TPSA) is 90.7 Å². The molecule has 214 valence electrons. The molecule has 0 aliphatic carbocycles. The van der Waals surface area contributed by atoms with Gasteiger partial charge in [0.1, 0.15) is 17.3 Å².